The molecular weight excluding hydrogens is 348 g/mol. The van der Waals surface area contributed by atoms with Gasteiger partial charge in [-0.25, -0.2) is 0 Å². The Labute approximate surface area is 170 Å². The van der Waals surface area contributed by atoms with E-state index < -0.39 is 5.54 Å². The van der Waals surface area contributed by atoms with Gasteiger partial charge >= 0.3 is 0 Å². The van der Waals surface area contributed by atoms with Crippen LogP contribution in [0.3, 0.4) is 0 Å². The van der Waals surface area contributed by atoms with Crippen LogP contribution in [-0.2, 0) is 21.4 Å². The molecule has 0 aromatic heterocycles. The standard InChI is InChI=1S/C24H36N2O2/c1-23(2,3)19-13-11-18(12-14-19)17-21(27)26-16-15-24(26,4)22(28)25-20-9-7-5-6-8-10-20/h11-14,20H,5-10,15-17H2,1-4H3,(H,25,28). The van der Waals surface area contributed by atoms with Gasteiger partial charge in [0.15, 0.2) is 0 Å². The molecule has 4 heteroatoms. The Hall–Kier alpha value is -1.84. The summed E-state index contributed by atoms with van der Waals surface area (Å²) in [6.07, 6.45) is 8.15. The highest BCUT2D eigenvalue weighted by atomic mass is 16.2. The van der Waals surface area contributed by atoms with Crippen LogP contribution >= 0.6 is 0 Å². The number of rotatable bonds is 4. The average Bonchev–Trinajstić information content (AvgIpc) is 2.88. The SMILES string of the molecule is CC(C)(C)c1ccc(CC(=O)N2CCC2(C)C(=O)NC2CCCCCC2)cc1. The second-order valence-corrected chi connectivity index (χ2v) is 9.85. The number of carbonyl (C=O) groups excluding carboxylic acids is 2. The topological polar surface area (TPSA) is 49.4 Å². The van der Waals surface area contributed by atoms with Crippen molar-refractivity contribution in [3.8, 4) is 0 Å². The molecule has 1 aromatic rings. The van der Waals surface area contributed by atoms with Crippen molar-refractivity contribution in [1.29, 1.82) is 0 Å². The van der Waals surface area contributed by atoms with Crippen LogP contribution in [0.4, 0.5) is 0 Å². The lowest BCUT2D eigenvalue weighted by Crippen LogP contribution is -2.68. The van der Waals surface area contributed by atoms with Gasteiger partial charge in [-0.05, 0) is 42.7 Å². The third-order valence-electron chi connectivity index (χ3n) is 6.57. The third kappa shape index (κ3) is 4.59. The summed E-state index contributed by atoms with van der Waals surface area (Å²) in [7, 11) is 0. The van der Waals surface area contributed by atoms with Crippen molar-refractivity contribution < 1.29 is 9.59 Å². The van der Waals surface area contributed by atoms with Crippen LogP contribution in [0, 0.1) is 0 Å². The Morgan fingerprint density at radius 3 is 2.18 bits per heavy atom. The van der Waals surface area contributed by atoms with E-state index in [1.807, 2.05) is 19.1 Å². The minimum atomic E-state index is -0.686. The molecule has 0 spiro atoms. The van der Waals surface area contributed by atoms with Crippen molar-refractivity contribution in [3.63, 3.8) is 0 Å². The summed E-state index contributed by atoms with van der Waals surface area (Å²) in [5, 5.41) is 3.24. The van der Waals surface area contributed by atoms with Crippen LogP contribution in [0.1, 0.15) is 83.8 Å². The van der Waals surface area contributed by atoms with Crippen molar-refractivity contribution in [2.24, 2.45) is 0 Å². The maximum Gasteiger partial charge on any atom is 0.245 e. The minimum absolute atomic E-state index is 0.0297. The largest absolute Gasteiger partial charge is 0.351 e. The molecule has 0 bridgehead atoms. The monoisotopic (exact) mass is 384 g/mol. The smallest absolute Gasteiger partial charge is 0.245 e. The van der Waals surface area contributed by atoms with Crippen molar-refractivity contribution in [3.05, 3.63) is 35.4 Å². The average molecular weight is 385 g/mol. The molecule has 4 nitrogen and oxygen atoms in total. The maximum absolute atomic E-state index is 12.9. The number of benzene rings is 1. The van der Waals surface area contributed by atoms with Gasteiger partial charge in [-0.1, -0.05) is 70.7 Å². The van der Waals surface area contributed by atoms with Crippen molar-refractivity contribution in [2.45, 2.75) is 96.1 Å². The maximum atomic E-state index is 12.9. The fourth-order valence-corrected chi connectivity index (χ4v) is 4.35. The lowest BCUT2D eigenvalue weighted by atomic mass is 9.84. The van der Waals surface area contributed by atoms with Crippen LogP contribution in [0.15, 0.2) is 24.3 Å². The van der Waals surface area contributed by atoms with E-state index in [9.17, 15) is 9.59 Å². The van der Waals surface area contributed by atoms with Crippen LogP contribution in [0.2, 0.25) is 0 Å². The first kappa shape index (κ1) is 20.9. The normalized spacial score (nSPS) is 23.6. The molecule has 1 aliphatic carbocycles. The van der Waals surface area contributed by atoms with Gasteiger partial charge < -0.3 is 10.2 Å². The Morgan fingerprint density at radius 1 is 1.07 bits per heavy atom. The summed E-state index contributed by atoms with van der Waals surface area (Å²) in [6.45, 7) is 9.15. The van der Waals surface area contributed by atoms with E-state index in [0.29, 0.717) is 13.0 Å². The zero-order chi connectivity index (χ0) is 20.4. The summed E-state index contributed by atoms with van der Waals surface area (Å²) < 4.78 is 0. The highest BCUT2D eigenvalue weighted by molar-refractivity contribution is 5.93. The van der Waals surface area contributed by atoms with E-state index in [4.69, 9.17) is 0 Å². The van der Waals surface area contributed by atoms with Crippen LogP contribution in [-0.4, -0.2) is 34.8 Å². The third-order valence-corrected chi connectivity index (χ3v) is 6.57. The van der Waals surface area contributed by atoms with E-state index in [-0.39, 0.29) is 23.3 Å². The molecule has 1 aliphatic heterocycles. The van der Waals surface area contributed by atoms with Gasteiger partial charge in [-0.2, -0.15) is 0 Å². The van der Waals surface area contributed by atoms with Gasteiger partial charge in [0.2, 0.25) is 11.8 Å². The van der Waals surface area contributed by atoms with E-state index in [2.05, 4.69) is 38.2 Å². The number of hydrogen-bond acceptors (Lipinski definition) is 2. The number of amides is 2. The lowest BCUT2D eigenvalue weighted by molar-refractivity contribution is -0.157. The van der Waals surface area contributed by atoms with Crippen molar-refractivity contribution >= 4 is 11.8 Å². The van der Waals surface area contributed by atoms with Crippen molar-refractivity contribution in [2.75, 3.05) is 6.54 Å². The van der Waals surface area contributed by atoms with E-state index in [1.54, 1.807) is 4.90 Å². The van der Waals surface area contributed by atoms with Crippen LogP contribution in [0.25, 0.3) is 0 Å². The predicted octanol–water partition coefficient (Wildman–Crippen LogP) is 4.36. The molecule has 0 radical (unpaired) electrons. The van der Waals surface area contributed by atoms with Crippen LogP contribution in [0.5, 0.6) is 0 Å². The molecule has 1 unspecified atom stereocenters. The van der Waals surface area contributed by atoms with E-state index in [1.165, 1.54) is 31.2 Å². The molecule has 28 heavy (non-hydrogen) atoms. The van der Waals surface area contributed by atoms with Crippen LogP contribution < -0.4 is 5.32 Å². The quantitative estimate of drug-likeness (QED) is 0.784. The number of nitrogens with one attached hydrogen (secondary N) is 1. The fourth-order valence-electron chi connectivity index (χ4n) is 4.35. The summed E-state index contributed by atoms with van der Waals surface area (Å²) >= 11 is 0. The molecule has 154 valence electrons. The highest BCUT2D eigenvalue weighted by Gasteiger charge is 2.49. The molecular formula is C24H36N2O2. The molecule has 2 amide bonds. The second kappa shape index (κ2) is 8.26. The molecule has 1 atom stereocenters. The summed E-state index contributed by atoms with van der Waals surface area (Å²) in [5.74, 6) is 0.0790. The molecule has 1 aromatic carbocycles. The molecule has 1 N–H and O–H groups in total. The van der Waals surface area contributed by atoms with Gasteiger partial charge in [-0.15, -0.1) is 0 Å². The van der Waals surface area contributed by atoms with Gasteiger partial charge in [0.05, 0.1) is 6.42 Å². The van der Waals surface area contributed by atoms with E-state index >= 15 is 0 Å². The number of hydrogen-bond donors (Lipinski definition) is 1. The number of nitrogens with zero attached hydrogens (tertiary/aromatic N) is 1. The predicted molar refractivity (Wildman–Crippen MR) is 113 cm³/mol. The zero-order valence-corrected chi connectivity index (χ0v) is 18.0. The molecule has 1 heterocycles. The highest BCUT2D eigenvalue weighted by Crippen LogP contribution is 2.32. The van der Waals surface area contributed by atoms with Gasteiger partial charge in [-0.3, -0.25) is 9.59 Å². The molecule has 1 saturated heterocycles. The number of likely N-dealkylation sites (tertiary alicyclic amines) is 1. The zero-order valence-electron chi connectivity index (χ0n) is 18.0. The number of carbonyl (C=O) groups is 2. The molecule has 1 saturated carbocycles. The Morgan fingerprint density at radius 2 is 1.68 bits per heavy atom. The summed E-state index contributed by atoms with van der Waals surface area (Å²) in [6, 6.07) is 8.57. The molecule has 2 fully saturated rings. The first-order chi connectivity index (χ1) is 13.2. The van der Waals surface area contributed by atoms with Gasteiger partial charge in [0, 0.05) is 12.6 Å². The minimum Gasteiger partial charge on any atom is -0.351 e. The van der Waals surface area contributed by atoms with Crippen molar-refractivity contribution in [1.82, 2.24) is 10.2 Å². The first-order valence-corrected chi connectivity index (χ1v) is 10.9. The Kier molecular flexibility index (Phi) is 6.16. The fraction of sp³-hybridized carbons (Fsp3) is 0.667. The lowest BCUT2D eigenvalue weighted by Gasteiger charge is -2.49. The van der Waals surface area contributed by atoms with Gasteiger partial charge in [0.25, 0.3) is 0 Å². The van der Waals surface area contributed by atoms with E-state index in [0.717, 1.165) is 24.8 Å². The first-order valence-electron chi connectivity index (χ1n) is 10.9. The second-order valence-electron chi connectivity index (χ2n) is 9.85. The van der Waals surface area contributed by atoms with Gasteiger partial charge in [0.1, 0.15) is 5.54 Å². The summed E-state index contributed by atoms with van der Waals surface area (Å²) in [4.78, 5) is 27.6. The molecule has 3 rings (SSSR count). The molecule has 2 aliphatic rings. The Balaban J connectivity index is 1.59. The summed E-state index contributed by atoms with van der Waals surface area (Å²) in [5.41, 5.74) is 1.69. The Bertz CT molecular complexity index is 696.